The predicted molar refractivity (Wildman–Crippen MR) is 104 cm³/mol. The van der Waals surface area contributed by atoms with Crippen LogP contribution in [0.5, 0.6) is 17.2 Å². The Morgan fingerprint density at radius 2 is 1.78 bits per heavy atom. The van der Waals surface area contributed by atoms with Crippen LogP contribution < -0.4 is 19.5 Å². The number of ether oxygens (including phenoxy) is 3. The first-order chi connectivity index (χ1) is 13.0. The highest BCUT2D eigenvalue weighted by Gasteiger charge is 2.21. The Balaban J connectivity index is 1.65. The van der Waals surface area contributed by atoms with E-state index in [-0.39, 0.29) is 24.5 Å². The Morgan fingerprint density at radius 1 is 1.07 bits per heavy atom. The minimum atomic E-state index is -0.151. The summed E-state index contributed by atoms with van der Waals surface area (Å²) in [5.41, 5.74) is 2.15. The van der Waals surface area contributed by atoms with Gasteiger partial charge < -0.3 is 19.5 Å². The minimum Gasteiger partial charge on any atom is -0.490 e. The summed E-state index contributed by atoms with van der Waals surface area (Å²) in [5, 5.41) is 3.08. The first-order valence-corrected chi connectivity index (χ1v) is 9.41. The molecule has 1 aliphatic heterocycles. The highest BCUT2D eigenvalue weighted by molar-refractivity contribution is 5.78. The van der Waals surface area contributed by atoms with E-state index in [0.717, 1.165) is 29.0 Å². The predicted octanol–water partition coefficient (Wildman–Crippen LogP) is 4.05. The van der Waals surface area contributed by atoms with Gasteiger partial charge in [-0.25, -0.2) is 0 Å². The van der Waals surface area contributed by atoms with E-state index in [1.807, 2.05) is 49.4 Å². The molecule has 0 spiro atoms. The molecule has 1 amide bonds. The molecule has 1 heterocycles. The maximum Gasteiger partial charge on any atom is 0.258 e. The Hall–Kier alpha value is -2.69. The molecule has 0 aliphatic carbocycles. The van der Waals surface area contributed by atoms with Crippen LogP contribution in [0.4, 0.5) is 0 Å². The van der Waals surface area contributed by atoms with Gasteiger partial charge in [-0.05, 0) is 42.7 Å². The van der Waals surface area contributed by atoms with Gasteiger partial charge in [0.2, 0.25) is 0 Å². The van der Waals surface area contributed by atoms with Gasteiger partial charge in [-0.1, -0.05) is 37.6 Å². The molecule has 0 bridgehead atoms. The molecular weight excluding hydrogens is 342 g/mol. The fraction of sp³-hybridized carbons (Fsp3) is 0.409. The number of fused-ring (bicyclic) bond motifs is 1. The third kappa shape index (κ3) is 5.16. The Labute approximate surface area is 160 Å². The number of carbonyl (C=O) groups excluding carboxylic acids is 1. The highest BCUT2D eigenvalue weighted by Crippen LogP contribution is 2.34. The Morgan fingerprint density at radius 3 is 2.48 bits per heavy atom. The second kappa shape index (κ2) is 8.80. The smallest absolute Gasteiger partial charge is 0.258 e. The van der Waals surface area contributed by atoms with Crippen molar-refractivity contribution in [3.8, 4) is 17.2 Å². The van der Waals surface area contributed by atoms with Crippen LogP contribution >= 0.6 is 0 Å². The van der Waals surface area contributed by atoms with E-state index in [2.05, 4.69) is 19.2 Å². The van der Waals surface area contributed by atoms with Crippen molar-refractivity contribution in [1.29, 1.82) is 0 Å². The summed E-state index contributed by atoms with van der Waals surface area (Å²) in [6.45, 7) is 7.45. The molecule has 144 valence electrons. The summed E-state index contributed by atoms with van der Waals surface area (Å²) in [6.07, 6.45) is 0.866. The van der Waals surface area contributed by atoms with E-state index in [1.54, 1.807) is 0 Å². The number of benzene rings is 2. The van der Waals surface area contributed by atoms with Crippen LogP contribution in [0.25, 0.3) is 0 Å². The second-order valence-electron chi connectivity index (χ2n) is 7.15. The zero-order chi connectivity index (χ0) is 19.2. The summed E-state index contributed by atoms with van der Waals surface area (Å²) in [5.74, 6) is 2.25. The van der Waals surface area contributed by atoms with Gasteiger partial charge in [-0.2, -0.15) is 0 Å². The SMILES string of the molecule is Cc1ccc(OCC(=O)NC(c2ccc3c(c2)OCCCO3)C(C)C)cc1. The molecule has 5 heteroatoms. The lowest BCUT2D eigenvalue weighted by molar-refractivity contribution is -0.124. The van der Waals surface area contributed by atoms with E-state index in [1.165, 1.54) is 0 Å². The zero-order valence-electron chi connectivity index (χ0n) is 16.2. The van der Waals surface area contributed by atoms with Crippen LogP contribution in [-0.4, -0.2) is 25.7 Å². The lowest BCUT2D eigenvalue weighted by Gasteiger charge is -2.24. The van der Waals surface area contributed by atoms with Gasteiger partial charge in [0.25, 0.3) is 5.91 Å². The van der Waals surface area contributed by atoms with Crippen molar-refractivity contribution in [1.82, 2.24) is 5.32 Å². The Kier molecular flexibility index (Phi) is 6.22. The standard InChI is InChI=1S/C22H27NO4/c1-15(2)22(17-7-10-19-20(13-17)26-12-4-11-25-19)23-21(24)14-27-18-8-5-16(3)6-9-18/h5-10,13,15,22H,4,11-12,14H2,1-3H3,(H,23,24). The van der Waals surface area contributed by atoms with Crippen LogP contribution in [0.1, 0.15) is 37.4 Å². The maximum absolute atomic E-state index is 12.4. The lowest BCUT2D eigenvalue weighted by atomic mass is 9.95. The number of hydrogen-bond acceptors (Lipinski definition) is 4. The van der Waals surface area contributed by atoms with E-state index < -0.39 is 0 Å². The molecule has 0 fully saturated rings. The number of hydrogen-bond donors (Lipinski definition) is 1. The van der Waals surface area contributed by atoms with Crippen LogP contribution in [0, 0.1) is 12.8 Å². The largest absolute Gasteiger partial charge is 0.490 e. The van der Waals surface area contributed by atoms with Crippen molar-refractivity contribution in [2.24, 2.45) is 5.92 Å². The maximum atomic E-state index is 12.4. The molecule has 2 aromatic carbocycles. The average Bonchev–Trinajstić information content (AvgIpc) is 2.90. The molecule has 3 rings (SSSR count). The fourth-order valence-electron chi connectivity index (χ4n) is 3.01. The van der Waals surface area contributed by atoms with Crippen molar-refractivity contribution < 1.29 is 19.0 Å². The molecule has 27 heavy (non-hydrogen) atoms. The molecule has 1 atom stereocenters. The second-order valence-corrected chi connectivity index (χ2v) is 7.15. The van der Waals surface area contributed by atoms with Gasteiger partial charge in [0.1, 0.15) is 5.75 Å². The molecule has 1 N–H and O–H groups in total. The summed E-state index contributed by atoms with van der Waals surface area (Å²) in [7, 11) is 0. The minimum absolute atomic E-state index is 0.0170. The number of nitrogens with one attached hydrogen (secondary N) is 1. The average molecular weight is 369 g/mol. The summed E-state index contributed by atoms with van der Waals surface area (Å²) in [6, 6.07) is 13.4. The molecule has 2 aromatic rings. The van der Waals surface area contributed by atoms with Crippen molar-refractivity contribution in [2.75, 3.05) is 19.8 Å². The fourth-order valence-corrected chi connectivity index (χ4v) is 3.01. The highest BCUT2D eigenvalue weighted by atomic mass is 16.5. The monoisotopic (exact) mass is 369 g/mol. The number of carbonyl (C=O) groups is 1. The molecule has 1 unspecified atom stereocenters. The molecule has 5 nitrogen and oxygen atoms in total. The number of aryl methyl sites for hydroxylation is 1. The van der Waals surface area contributed by atoms with Crippen LogP contribution in [0.2, 0.25) is 0 Å². The van der Waals surface area contributed by atoms with Gasteiger partial charge in [0.15, 0.2) is 18.1 Å². The van der Waals surface area contributed by atoms with Crippen LogP contribution in [0.3, 0.4) is 0 Å². The molecule has 1 aliphatic rings. The van der Waals surface area contributed by atoms with E-state index in [4.69, 9.17) is 14.2 Å². The lowest BCUT2D eigenvalue weighted by Crippen LogP contribution is -2.35. The third-order valence-corrected chi connectivity index (χ3v) is 4.50. The van der Waals surface area contributed by atoms with Crippen molar-refractivity contribution >= 4 is 5.91 Å². The summed E-state index contributed by atoms with van der Waals surface area (Å²) < 4.78 is 17.1. The van der Waals surface area contributed by atoms with E-state index >= 15 is 0 Å². The Bertz CT molecular complexity index is 770. The topological polar surface area (TPSA) is 56.8 Å². The van der Waals surface area contributed by atoms with Crippen molar-refractivity contribution in [3.63, 3.8) is 0 Å². The first kappa shape index (κ1) is 19.1. The molecule has 0 saturated carbocycles. The quantitative estimate of drug-likeness (QED) is 0.835. The van der Waals surface area contributed by atoms with Crippen LogP contribution in [-0.2, 0) is 4.79 Å². The van der Waals surface area contributed by atoms with Crippen LogP contribution in [0.15, 0.2) is 42.5 Å². The van der Waals surface area contributed by atoms with Gasteiger partial charge in [-0.3, -0.25) is 4.79 Å². The molecular formula is C22H27NO4. The van der Waals surface area contributed by atoms with Gasteiger partial charge in [0, 0.05) is 6.42 Å². The van der Waals surface area contributed by atoms with Gasteiger partial charge in [-0.15, -0.1) is 0 Å². The number of rotatable bonds is 6. The van der Waals surface area contributed by atoms with Crippen molar-refractivity contribution in [3.05, 3.63) is 53.6 Å². The van der Waals surface area contributed by atoms with E-state index in [0.29, 0.717) is 19.0 Å². The first-order valence-electron chi connectivity index (χ1n) is 9.41. The van der Waals surface area contributed by atoms with Gasteiger partial charge >= 0.3 is 0 Å². The number of amides is 1. The third-order valence-electron chi connectivity index (χ3n) is 4.50. The summed E-state index contributed by atoms with van der Waals surface area (Å²) in [4.78, 5) is 12.4. The molecule has 0 saturated heterocycles. The van der Waals surface area contributed by atoms with E-state index in [9.17, 15) is 4.79 Å². The molecule has 0 radical (unpaired) electrons. The normalized spacial score (nSPS) is 14.4. The van der Waals surface area contributed by atoms with Gasteiger partial charge in [0.05, 0.1) is 19.3 Å². The summed E-state index contributed by atoms with van der Waals surface area (Å²) >= 11 is 0. The molecule has 0 aromatic heterocycles. The van der Waals surface area contributed by atoms with Crippen molar-refractivity contribution in [2.45, 2.75) is 33.2 Å². The zero-order valence-corrected chi connectivity index (χ0v) is 16.2.